The standard InChI is InChI=1S/C19H28N2O4.ClH/c1-24-12-15-7-13(3-6-18(15)25-2)8-21-9-16(14-4-5-14)17(10-21)20-19(23)11-22;/h3,6-7,14,16-17,22H,4-5,8-12H2,1-2H3,(H,20,23);1H/t16-,17+;/m1./s1. The van der Waals surface area contributed by atoms with Gasteiger partial charge in [-0.3, -0.25) is 9.69 Å². The van der Waals surface area contributed by atoms with Gasteiger partial charge in [0.05, 0.1) is 13.7 Å². The molecule has 1 amide bonds. The van der Waals surface area contributed by atoms with Crippen molar-refractivity contribution in [1.82, 2.24) is 10.2 Å². The van der Waals surface area contributed by atoms with E-state index in [9.17, 15) is 4.79 Å². The zero-order valence-corrected chi connectivity index (χ0v) is 16.3. The number of aliphatic hydroxyl groups excluding tert-OH is 1. The van der Waals surface area contributed by atoms with Crippen LogP contribution in [0.2, 0.25) is 0 Å². The maximum absolute atomic E-state index is 11.6. The lowest BCUT2D eigenvalue weighted by atomic mass is 9.98. The van der Waals surface area contributed by atoms with Crippen LogP contribution in [0.25, 0.3) is 0 Å². The van der Waals surface area contributed by atoms with E-state index in [0.29, 0.717) is 18.4 Å². The predicted molar refractivity (Wildman–Crippen MR) is 101 cm³/mol. The number of methoxy groups -OCH3 is 2. The van der Waals surface area contributed by atoms with E-state index >= 15 is 0 Å². The molecule has 2 N–H and O–H groups in total. The van der Waals surface area contributed by atoms with Crippen LogP contribution in [-0.2, 0) is 22.7 Å². The van der Waals surface area contributed by atoms with Crippen molar-refractivity contribution in [3.05, 3.63) is 29.3 Å². The topological polar surface area (TPSA) is 71.0 Å². The Balaban J connectivity index is 0.00000243. The number of nitrogens with one attached hydrogen (secondary N) is 1. The molecule has 2 atom stereocenters. The van der Waals surface area contributed by atoms with E-state index in [2.05, 4.69) is 22.3 Å². The first-order valence-corrected chi connectivity index (χ1v) is 8.92. The van der Waals surface area contributed by atoms with Crippen molar-refractivity contribution in [3.63, 3.8) is 0 Å². The molecule has 0 spiro atoms. The van der Waals surface area contributed by atoms with Crippen LogP contribution in [0.1, 0.15) is 24.0 Å². The molecule has 0 bridgehead atoms. The number of aliphatic hydroxyl groups is 1. The Bertz CT molecular complexity index is 609. The van der Waals surface area contributed by atoms with Crippen LogP contribution in [0.15, 0.2) is 18.2 Å². The summed E-state index contributed by atoms with van der Waals surface area (Å²) in [4.78, 5) is 14.0. The van der Waals surface area contributed by atoms with Gasteiger partial charge in [-0.15, -0.1) is 12.4 Å². The van der Waals surface area contributed by atoms with Gasteiger partial charge in [-0.05, 0) is 42.4 Å². The third-order valence-electron chi connectivity index (χ3n) is 5.21. The molecule has 7 heteroatoms. The third kappa shape index (κ3) is 5.10. The number of likely N-dealkylation sites (tertiary alicyclic amines) is 1. The van der Waals surface area contributed by atoms with E-state index in [1.54, 1.807) is 14.2 Å². The number of halogens is 1. The third-order valence-corrected chi connectivity index (χ3v) is 5.21. The number of carbonyl (C=O) groups excluding carboxylic acids is 1. The van der Waals surface area contributed by atoms with Crippen LogP contribution >= 0.6 is 12.4 Å². The summed E-state index contributed by atoms with van der Waals surface area (Å²) in [7, 11) is 3.35. The zero-order chi connectivity index (χ0) is 17.8. The fourth-order valence-electron chi connectivity index (χ4n) is 3.91. The number of ether oxygens (including phenoxy) is 2. The zero-order valence-electron chi connectivity index (χ0n) is 15.4. The molecule has 0 radical (unpaired) electrons. The maximum Gasteiger partial charge on any atom is 0.245 e. The average molecular weight is 385 g/mol. The normalized spacial score (nSPS) is 22.7. The first-order valence-electron chi connectivity index (χ1n) is 8.92. The highest BCUT2D eigenvalue weighted by Gasteiger charge is 2.42. The van der Waals surface area contributed by atoms with Crippen molar-refractivity contribution in [2.45, 2.75) is 32.0 Å². The van der Waals surface area contributed by atoms with Gasteiger partial charge in [0.15, 0.2) is 0 Å². The van der Waals surface area contributed by atoms with Crippen molar-refractivity contribution < 1.29 is 19.4 Å². The second-order valence-electron chi connectivity index (χ2n) is 7.11. The van der Waals surface area contributed by atoms with Gasteiger partial charge in [-0.25, -0.2) is 0 Å². The summed E-state index contributed by atoms with van der Waals surface area (Å²) < 4.78 is 10.6. The van der Waals surface area contributed by atoms with E-state index in [0.717, 1.165) is 30.9 Å². The lowest BCUT2D eigenvalue weighted by Gasteiger charge is -2.18. The number of amides is 1. The minimum absolute atomic E-state index is 0. The van der Waals surface area contributed by atoms with E-state index in [1.807, 2.05) is 6.07 Å². The van der Waals surface area contributed by atoms with E-state index in [1.165, 1.54) is 18.4 Å². The lowest BCUT2D eigenvalue weighted by Crippen LogP contribution is -2.42. The van der Waals surface area contributed by atoms with Crippen molar-refractivity contribution in [2.24, 2.45) is 11.8 Å². The first-order chi connectivity index (χ1) is 12.1. The fraction of sp³-hybridized carbons (Fsp3) is 0.632. The van der Waals surface area contributed by atoms with E-state index in [-0.39, 0.29) is 24.4 Å². The molecule has 1 saturated carbocycles. The van der Waals surface area contributed by atoms with Gasteiger partial charge in [-0.1, -0.05) is 6.07 Å². The molecule has 3 rings (SSSR count). The van der Waals surface area contributed by atoms with Crippen molar-refractivity contribution in [2.75, 3.05) is 33.9 Å². The summed E-state index contributed by atoms with van der Waals surface area (Å²) in [6, 6.07) is 6.35. The summed E-state index contributed by atoms with van der Waals surface area (Å²) in [5.74, 6) is 1.78. The SMILES string of the molecule is COCc1cc(CN2C[C@H](NC(=O)CO)[C@@H](C3CC3)C2)ccc1OC.Cl. The summed E-state index contributed by atoms with van der Waals surface area (Å²) >= 11 is 0. The maximum atomic E-state index is 11.6. The number of rotatable bonds is 8. The fourth-order valence-corrected chi connectivity index (χ4v) is 3.91. The monoisotopic (exact) mass is 384 g/mol. The molecule has 1 aliphatic carbocycles. The number of nitrogens with zero attached hydrogens (tertiary/aromatic N) is 1. The molecule has 2 fully saturated rings. The number of hydrogen-bond donors (Lipinski definition) is 2. The molecule has 0 aromatic heterocycles. The Labute approximate surface area is 161 Å². The molecular formula is C19H29ClN2O4. The van der Waals surface area contributed by atoms with Gasteiger partial charge < -0.3 is 19.9 Å². The Morgan fingerprint density at radius 1 is 1.31 bits per heavy atom. The summed E-state index contributed by atoms with van der Waals surface area (Å²) in [5, 5.41) is 12.0. The van der Waals surface area contributed by atoms with Crippen LogP contribution in [0.5, 0.6) is 5.75 Å². The highest BCUT2D eigenvalue weighted by atomic mass is 35.5. The number of hydrogen-bond acceptors (Lipinski definition) is 5. The highest BCUT2D eigenvalue weighted by molar-refractivity contribution is 5.85. The Kier molecular flexibility index (Phi) is 7.70. The molecule has 1 aliphatic heterocycles. The molecular weight excluding hydrogens is 356 g/mol. The quantitative estimate of drug-likeness (QED) is 0.712. The molecule has 1 aromatic carbocycles. The van der Waals surface area contributed by atoms with Gasteiger partial charge in [0, 0.05) is 38.3 Å². The number of carbonyl (C=O) groups is 1. The molecule has 1 aromatic rings. The van der Waals surface area contributed by atoms with Crippen LogP contribution in [0.4, 0.5) is 0 Å². The average Bonchev–Trinajstić information content (AvgIpc) is 3.38. The van der Waals surface area contributed by atoms with Crippen LogP contribution < -0.4 is 10.1 Å². The molecule has 1 heterocycles. The largest absolute Gasteiger partial charge is 0.496 e. The smallest absolute Gasteiger partial charge is 0.245 e. The van der Waals surface area contributed by atoms with Gasteiger partial charge >= 0.3 is 0 Å². The van der Waals surface area contributed by atoms with Crippen LogP contribution in [0, 0.1) is 11.8 Å². The molecule has 6 nitrogen and oxygen atoms in total. The molecule has 26 heavy (non-hydrogen) atoms. The molecule has 0 unspecified atom stereocenters. The Morgan fingerprint density at radius 2 is 2.08 bits per heavy atom. The van der Waals surface area contributed by atoms with E-state index < -0.39 is 6.61 Å². The van der Waals surface area contributed by atoms with Crippen molar-refractivity contribution >= 4 is 18.3 Å². The van der Waals surface area contributed by atoms with Gasteiger partial charge in [0.1, 0.15) is 12.4 Å². The Morgan fingerprint density at radius 3 is 2.69 bits per heavy atom. The van der Waals surface area contributed by atoms with Gasteiger partial charge in [0.25, 0.3) is 0 Å². The Hall–Kier alpha value is -1.34. The van der Waals surface area contributed by atoms with Crippen LogP contribution in [-0.4, -0.2) is 55.9 Å². The minimum atomic E-state index is -0.438. The summed E-state index contributed by atoms with van der Waals surface area (Å²) in [5.41, 5.74) is 2.27. The summed E-state index contributed by atoms with van der Waals surface area (Å²) in [6.07, 6.45) is 2.51. The van der Waals surface area contributed by atoms with Crippen LogP contribution in [0.3, 0.4) is 0 Å². The van der Waals surface area contributed by atoms with Gasteiger partial charge in [-0.2, -0.15) is 0 Å². The number of benzene rings is 1. The molecule has 146 valence electrons. The first kappa shape index (κ1) is 21.0. The van der Waals surface area contributed by atoms with Gasteiger partial charge in [0.2, 0.25) is 5.91 Å². The minimum Gasteiger partial charge on any atom is -0.496 e. The van der Waals surface area contributed by atoms with Crippen molar-refractivity contribution in [3.8, 4) is 5.75 Å². The summed E-state index contributed by atoms with van der Waals surface area (Å²) in [6.45, 7) is 2.75. The second-order valence-corrected chi connectivity index (χ2v) is 7.11. The highest BCUT2D eigenvalue weighted by Crippen LogP contribution is 2.41. The second kappa shape index (κ2) is 9.55. The molecule has 2 aliphatic rings. The predicted octanol–water partition coefficient (Wildman–Crippen LogP) is 1.58. The molecule has 1 saturated heterocycles. The lowest BCUT2D eigenvalue weighted by molar-refractivity contribution is -0.124. The van der Waals surface area contributed by atoms with E-state index in [4.69, 9.17) is 14.6 Å². The van der Waals surface area contributed by atoms with Crippen molar-refractivity contribution in [1.29, 1.82) is 0 Å².